The first-order valence-corrected chi connectivity index (χ1v) is 3.29. The molecule has 0 N–H and O–H groups in total. The molecule has 1 unspecified atom stereocenters. The third kappa shape index (κ3) is 1.99. The fourth-order valence-corrected chi connectivity index (χ4v) is 0.676. The van der Waals surface area contributed by atoms with Crippen LogP contribution in [0, 0.1) is 0 Å². The maximum Gasteiger partial charge on any atom is 0.272 e. The molecule has 0 spiro atoms. The molecule has 1 atom stereocenters. The molecule has 1 rings (SSSR count). The number of hydrogen-bond acceptors (Lipinski definition) is 5. The fraction of sp³-hybridized carbons (Fsp3) is 0.667. The van der Waals surface area contributed by atoms with Crippen molar-refractivity contribution in [3.05, 3.63) is 12.3 Å². The number of nitrogens with zero attached hydrogens (tertiary/aromatic N) is 2. The van der Waals surface area contributed by atoms with Crippen LogP contribution < -0.4 is 0 Å². The third-order valence-electron chi connectivity index (χ3n) is 1.11. The van der Waals surface area contributed by atoms with E-state index in [0.29, 0.717) is 12.5 Å². The van der Waals surface area contributed by atoms with Gasteiger partial charge >= 0.3 is 0 Å². The van der Waals surface area contributed by atoms with Gasteiger partial charge in [-0.25, -0.2) is 0 Å². The van der Waals surface area contributed by atoms with E-state index in [2.05, 4.69) is 10.2 Å². The number of ether oxygens (including phenoxy) is 2. The van der Waals surface area contributed by atoms with E-state index in [1.165, 1.54) is 13.5 Å². The Morgan fingerprint density at radius 2 is 2.55 bits per heavy atom. The van der Waals surface area contributed by atoms with Crippen LogP contribution >= 0.6 is 0 Å². The molecule has 5 nitrogen and oxygen atoms in total. The highest BCUT2D eigenvalue weighted by Gasteiger charge is 2.14. The van der Waals surface area contributed by atoms with Crippen molar-refractivity contribution in [2.24, 2.45) is 0 Å². The number of rotatable bonds is 4. The van der Waals surface area contributed by atoms with E-state index in [1.807, 2.05) is 6.92 Å². The van der Waals surface area contributed by atoms with Gasteiger partial charge in [-0.05, 0) is 6.92 Å². The summed E-state index contributed by atoms with van der Waals surface area (Å²) in [6.45, 7) is 2.41. The topological polar surface area (TPSA) is 57.4 Å². The highest BCUT2D eigenvalue weighted by molar-refractivity contribution is 4.74. The molecule has 0 aliphatic heterocycles. The van der Waals surface area contributed by atoms with E-state index < -0.39 is 6.29 Å². The minimum atomic E-state index is -0.539. The van der Waals surface area contributed by atoms with Crippen molar-refractivity contribution in [1.29, 1.82) is 0 Å². The highest BCUT2D eigenvalue weighted by Crippen LogP contribution is 2.13. The number of methoxy groups -OCH3 is 1. The maximum atomic E-state index is 5.12. The summed E-state index contributed by atoms with van der Waals surface area (Å²) in [6.07, 6.45) is 0.697. The minimum absolute atomic E-state index is 0.342. The van der Waals surface area contributed by atoms with E-state index in [1.54, 1.807) is 0 Å². The number of hydrogen-bond donors (Lipinski definition) is 0. The van der Waals surface area contributed by atoms with Crippen LogP contribution in [0.1, 0.15) is 19.1 Å². The van der Waals surface area contributed by atoms with Crippen LogP contribution in [0.3, 0.4) is 0 Å². The predicted molar refractivity (Wildman–Crippen MR) is 35.7 cm³/mol. The summed E-state index contributed by atoms with van der Waals surface area (Å²) in [5.41, 5.74) is 0. The van der Waals surface area contributed by atoms with Crippen molar-refractivity contribution in [1.82, 2.24) is 10.2 Å². The van der Waals surface area contributed by atoms with E-state index in [4.69, 9.17) is 13.9 Å². The Morgan fingerprint density at radius 3 is 3.00 bits per heavy atom. The van der Waals surface area contributed by atoms with E-state index in [-0.39, 0.29) is 0 Å². The maximum absolute atomic E-state index is 5.12. The normalized spacial score (nSPS) is 13.3. The molecule has 1 heterocycles. The van der Waals surface area contributed by atoms with Crippen LogP contribution in [-0.2, 0) is 9.47 Å². The molecule has 0 aromatic carbocycles. The molecule has 0 saturated heterocycles. The molecule has 0 radical (unpaired) electrons. The first-order valence-electron chi connectivity index (χ1n) is 3.29. The largest absolute Gasteiger partial charge is 0.423 e. The molecular formula is C6H10N2O3. The van der Waals surface area contributed by atoms with Crippen LogP contribution in [0.5, 0.6) is 0 Å². The van der Waals surface area contributed by atoms with Crippen molar-refractivity contribution in [3.63, 3.8) is 0 Å². The van der Waals surface area contributed by atoms with Gasteiger partial charge in [0.25, 0.3) is 5.89 Å². The second-order valence-electron chi connectivity index (χ2n) is 1.80. The van der Waals surface area contributed by atoms with Gasteiger partial charge < -0.3 is 13.9 Å². The van der Waals surface area contributed by atoms with Crippen LogP contribution in [-0.4, -0.2) is 23.9 Å². The molecule has 0 bridgehead atoms. The van der Waals surface area contributed by atoms with Crippen molar-refractivity contribution < 1.29 is 13.9 Å². The lowest BCUT2D eigenvalue weighted by Crippen LogP contribution is -2.06. The van der Waals surface area contributed by atoms with Gasteiger partial charge in [-0.2, -0.15) is 0 Å². The van der Waals surface area contributed by atoms with Gasteiger partial charge in [-0.1, -0.05) is 0 Å². The van der Waals surface area contributed by atoms with Crippen molar-refractivity contribution in [2.45, 2.75) is 13.2 Å². The summed E-state index contributed by atoms with van der Waals surface area (Å²) < 4.78 is 14.9. The van der Waals surface area contributed by atoms with Gasteiger partial charge in [-0.3, -0.25) is 0 Å². The van der Waals surface area contributed by atoms with Crippen LogP contribution in [0.4, 0.5) is 0 Å². The molecule has 0 amide bonds. The molecule has 0 aliphatic carbocycles. The zero-order valence-corrected chi connectivity index (χ0v) is 6.48. The van der Waals surface area contributed by atoms with Crippen LogP contribution in [0.2, 0.25) is 0 Å². The Kier molecular flexibility index (Phi) is 3.00. The molecular weight excluding hydrogens is 148 g/mol. The molecule has 5 heteroatoms. The van der Waals surface area contributed by atoms with E-state index in [0.717, 1.165) is 0 Å². The lowest BCUT2D eigenvalue weighted by Gasteiger charge is -2.09. The summed E-state index contributed by atoms with van der Waals surface area (Å²) in [5, 5.41) is 7.14. The lowest BCUT2D eigenvalue weighted by molar-refractivity contribution is -0.138. The second-order valence-corrected chi connectivity index (χ2v) is 1.80. The Balaban J connectivity index is 2.56. The SMILES string of the molecule is CCOC(OC)c1nnco1. The zero-order valence-electron chi connectivity index (χ0n) is 6.48. The Morgan fingerprint density at radius 1 is 1.73 bits per heavy atom. The Hall–Kier alpha value is -0.940. The van der Waals surface area contributed by atoms with Crippen LogP contribution in [0.25, 0.3) is 0 Å². The van der Waals surface area contributed by atoms with Crippen molar-refractivity contribution in [2.75, 3.05) is 13.7 Å². The molecule has 0 saturated carbocycles. The average molecular weight is 158 g/mol. The molecule has 0 aliphatic rings. The van der Waals surface area contributed by atoms with Gasteiger partial charge in [-0.15, -0.1) is 10.2 Å². The van der Waals surface area contributed by atoms with E-state index >= 15 is 0 Å². The summed E-state index contributed by atoms with van der Waals surface area (Å²) in [5.74, 6) is 0.342. The monoisotopic (exact) mass is 158 g/mol. The smallest absolute Gasteiger partial charge is 0.272 e. The molecule has 62 valence electrons. The van der Waals surface area contributed by atoms with Gasteiger partial charge in [0.1, 0.15) is 0 Å². The predicted octanol–water partition coefficient (Wildman–Crippen LogP) is 0.751. The standard InChI is InChI=1S/C6H10N2O3/c1-3-10-6(9-2)5-8-7-4-11-5/h4,6H,3H2,1-2H3. The minimum Gasteiger partial charge on any atom is -0.423 e. The molecule has 11 heavy (non-hydrogen) atoms. The Bertz CT molecular complexity index is 188. The first-order chi connectivity index (χ1) is 5.38. The molecule has 1 aromatic heterocycles. The summed E-state index contributed by atoms with van der Waals surface area (Å²) in [4.78, 5) is 0. The average Bonchev–Trinajstić information content (AvgIpc) is 2.52. The van der Waals surface area contributed by atoms with E-state index in [9.17, 15) is 0 Å². The zero-order chi connectivity index (χ0) is 8.10. The summed E-state index contributed by atoms with van der Waals surface area (Å²) in [7, 11) is 1.52. The molecule has 0 fully saturated rings. The summed E-state index contributed by atoms with van der Waals surface area (Å²) >= 11 is 0. The van der Waals surface area contributed by atoms with Crippen molar-refractivity contribution >= 4 is 0 Å². The summed E-state index contributed by atoms with van der Waals surface area (Å²) in [6, 6.07) is 0. The molecule has 1 aromatic rings. The fourth-order valence-electron chi connectivity index (χ4n) is 0.676. The van der Waals surface area contributed by atoms with Gasteiger partial charge in [0, 0.05) is 13.7 Å². The second kappa shape index (κ2) is 4.05. The highest BCUT2D eigenvalue weighted by atomic mass is 16.7. The van der Waals surface area contributed by atoms with Gasteiger partial charge in [0.2, 0.25) is 12.7 Å². The lowest BCUT2D eigenvalue weighted by atomic mass is 10.6. The number of aromatic nitrogens is 2. The van der Waals surface area contributed by atoms with Crippen LogP contribution in [0.15, 0.2) is 10.8 Å². The third-order valence-corrected chi connectivity index (χ3v) is 1.11. The van der Waals surface area contributed by atoms with Crippen molar-refractivity contribution in [3.8, 4) is 0 Å². The Labute approximate surface area is 64.3 Å². The van der Waals surface area contributed by atoms with Gasteiger partial charge in [0.15, 0.2) is 0 Å². The quantitative estimate of drug-likeness (QED) is 0.605. The van der Waals surface area contributed by atoms with Gasteiger partial charge in [0.05, 0.1) is 0 Å². The first kappa shape index (κ1) is 8.16.